The van der Waals surface area contributed by atoms with Crippen LogP contribution in [0, 0.1) is 18.8 Å². The molecule has 0 radical (unpaired) electrons. The summed E-state index contributed by atoms with van der Waals surface area (Å²) >= 11 is 6.91. The van der Waals surface area contributed by atoms with Crippen molar-refractivity contribution in [1.29, 1.82) is 0 Å². The zero-order valence-corrected chi connectivity index (χ0v) is 54.1. The van der Waals surface area contributed by atoms with E-state index >= 15 is 0 Å². The number of benzene rings is 1. The number of carboxylic acid groups (broad SMARTS) is 2. The van der Waals surface area contributed by atoms with Gasteiger partial charge in [0.25, 0.3) is 17.7 Å². The topological polar surface area (TPSA) is 369 Å². The van der Waals surface area contributed by atoms with Crippen molar-refractivity contribution in [2.75, 3.05) is 32.1 Å². The van der Waals surface area contributed by atoms with E-state index in [0.717, 1.165) is 62.8 Å². The van der Waals surface area contributed by atoms with Crippen LogP contribution in [0.25, 0.3) is 43.4 Å². The summed E-state index contributed by atoms with van der Waals surface area (Å²) in [6, 6.07) is 9.18. The van der Waals surface area contributed by atoms with E-state index in [1.54, 1.807) is 70.9 Å². The molecule has 32 heteroatoms. The highest BCUT2D eigenvalue weighted by Gasteiger charge is 2.34. The van der Waals surface area contributed by atoms with Crippen LogP contribution in [0.15, 0.2) is 76.1 Å². The van der Waals surface area contributed by atoms with Gasteiger partial charge in [-0.05, 0) is 56.2 Å². The number of ether oxygens (including phenoxy) is 2. The van der Waals surface area contributed by atoms with Gasteiger partial charge in [-0.1, -0.05) is 50.3 Å². The summed E-state index contributed by atoms with van der Waals surface area (Å²) in [5, 5.41) is 53.6. The lowest BCUT2D eigenvalue weighted by molar-refractivity contribution is -0.143. The maximum Gasteiger partial charge on any atom is 0.416 e. The number of nitrogens with zero attached hydrogens (tertiary/aromatic N) is 8. The molecule has 4 atom stereocenters. The van der Waals surface area contributed by atoms with E-state index in [1.807, 2.05) is 13.8 Å². The van der Waals surface area contributed by atoms with Crippen LogP contribution in [-0.4, -0.2) is 131 Å². The van der Waals surface area contributed by atoms with Crippen LogP contribution >= 0.6 is 68.0 Å². The van der Waals surface area contributed by atoms with E-state index in [2.05, 4.69) is 36.6 Å². The molecule has 1 saturated carbocycles. The molecule has 0 spiro atoms. The fourth-order valence-corrected chi connectivity index (χ4v) is 15.4. The normalized spacial score (nSPS) is 18.6. The van der Waals surface area contributed by atoms with Gasteiger partial charge in [0, 0.05) is 58.7 Å². The number of amides is 6. The van der Waals surface area contributed by atoms with Crippen molar-refractivity contribution in [3.05, 3.63) is 124 Å². The summed E-state index contributed by atoms with van der Waals surface area (Å²) in [5.41, 5.74) is 2.22. The number of carbonyl (C=O) groups excluding carboxylic acids is 6. The van der Waals surface area contributed by atoms with Crippen LogP contribution < -0.4 is 31.5 Å². The molecule has 7 aromatic heterocycles. The predicted octanol–water partition coefficient (Wildman–Crippen LogP) is 8.54. The van der Waals surface area contributed by atoms with Crippen molar-refractivity contribution >= 4 is 121 Å². The van der Waals surface area contributed by atoms with Gasteiger partial charge in [-0.3, -0.25) is 33.7 Å². The Morgan fingerprint density at radius 3 is 2.14 bits per heavy atom. The van der Waals surface area contributed by atoms with Gasteiger partial charge in [0.15, 0.2) is 0 Å². The number of fused-ring (bicyclic) bond motifs is 14. The number of hydrogen-bond acceptors (Lipinski definition) is 24. The van der Waals surface area contributed by atoms with Gasteiger partial charge in [-0.15, -0.1) is 68.0 Å². The minimum Gasteiger partial charge on any atom is -0.481 e. The van der Waals surface area contributed by atoms with E-state index in [9.17, 15) is 53.7 Å². The molecular weight excluding hydrogens is 1290 g/mol. The Morgan fingerprint density at radius 1 is 0.714 bits per heavy atom. The number of aliphatic hydroxyl groups excluding tert-OH is 1. The number of hydrogen-bond donors (Lipinski definition) is 8. The monoisotopic (exact) mass is 1350 g/mol. The maximum absolute atomic E-state index is 14.4. The summed E-state index contributed by atoms with van der Waals surface area (Å²) in [6.07, 6.45) is 0.497. The molecule has 8 N–H and O–H groups in total. The lowest BCUT2D eigenvalue weighted by Gasteiger charge is -2.28. The number of rotatable bonds is 14. The summed E-state index contributed by atoms with van der Waals surface area (Å²) in [5.74, 6) is -5.87. The molecule has 474 valence electrons. The molecule has 8 heterocycles. The van der Waals surface area contributed by atoms with Crippen LogP contribution in [-0.2, 0) is 35.3 Å². The highest BCUT2D eigenvalue weighted by Crippen LogP contribution is 2.41. The average molecular weight is 1350 g/mol. The Balaban J connectivity index is 1.04. The van der Waals surface area contributed by atoms with Crippen LogP contribution in [0.2, 0.25) is 0 Å². The number of thiazole rings is 6. The van der Waals surface area contributed by atoms with Crippen molar-refractivity contribution in [3.63, 3.8) is 0 Å². The van der Waals surface area contributed by atoms with Crippen molar-refractivity contribution in [1.82, 2.24) is 61.5 Å². The molecule has 10 rings (SSSR count). The molecule has 0 saturated heterocycles. The first-order valence-corrected chi connectivity index (χ1v) is 33.4. The van der Waals surface area contributed by atoms with Gasteiger partial charge in [0.2, 0.25) is 11.8 Å². The third kappa shape index (κ3) is 15.4. The third-order valence-electron chi connectivity index (χ3n) is 14.6. The zero-order chi connectivity index (χ0) is 64.6. The number of aliphatic hydroxyl groups is 1. The van der Waals surface area contributed by atoms with E-state index in [0.29, 0.717) is 88.7 Å². The number of anilines is 1. The molecule has 91 heavy (non-hydrogen) atoms. The molecule has 0 unspecified atom stereocenters. The third-order valence-corrected chi connectivity index (χ3v) is 20.3. The van der Waals surface area contributed by atoms with E-state index in [1.165, 1.54) is 36.5 Å². The minimum atomic E-state index is -1.31. The van der Waals surface area contributed by atoms with Crippen molar-refractivity contribution < 1.29 is 63.1 Å². The fourth-order valence-electron chi connectivity index (χ4n) is 9.85. The van der Waals surface area contributed by atoms with Gasteiger partial charge in [-0.2, -0.15) is 0 Å². The quantitative estimate of drug-likeness (QED) is 0.0472. The number of carbonyl (C=O) groups is 8. The number of pyridine rings is 1. The molecule has 10 bridgehead atoms. The highest BCUT2D eigenvalue weighted by molar-refractivity contribution is 7.15. The number of carboxylic acids is 2. The summed E-state index contributed by atoms with van der Waals surface area (Å²) in [6.45, 7) is 4.64. The van der Waals surface area contributed by atoms with Crippen molar-refractivity contribution in [3.8, 4) is 43.4 Å². The molecule has 2 aliphatic rings. The first-order valence-electron chi connectivity index (χ1n) is 28.3. The predicted molar refractivity (Wildman–Crippen MR) is 341 cm³/mol. The SMILES string of the molecule is CNC(=O)C[C@@H]1NC(=O)c2csc(n2)-c2ccc(-c3nc(N(C/C=C/C(=O)O)C(=O)O[C@H]4CC[C@H](C(=O)O)CC4)cs3)nc2-c2csc(n2)-c2csc(n2)[C@H]([C@@H](O)c2ccccc2)NC(=O)CNC(=O)c2nc(sc2COC)[C@H](C(C)C)NC(=O)c2nc1sc2C. The Hall–Kier alpha value is -8.63. The summed E-state index contributed by atoms with van der Waals surface area (Å²) in [4.78, 5) is 143. The average Bonchev–Trinajstić information content (AvgIpc) is 1.75. The standard InChI is InChI=1S/C59H59N13O13S6/c1-27(2)43-57-71-46(38(91-57)22-84-5)50(79)61-21-41(74)68-47(48(77)29-10-7-6-8-11-29)56-66-37(25-88-56)54-64-35(23-87-54)45-32(52-65-36(24-86-52)49(78)63-34(20-40(73)60-4)55-70-44(28(3)90-55)51(80)69-43)17-18-33(62-45)53-67-39(26-89-53)72(19-9-12-42(75)76)59(83)85-31-15-13-30(14-16-31)58(81)82/h6-12,17-18,23-27,30-31,34,43,47-48,77H,13-16,19-22H2,1-5H3,(H,60,73)(H,61,79)(H,63,78)(H,68,74)(H,69,80)(H,75,76)(H,81,82)/b12-9+/t30-,31-,34-,43-,47-,48-/m0/s1. The van der Waals surface area contributed by atoms with E-state index < -0.39 is 90.4 Å². The lowest BCUT2D eigenvalue weighted by Crippen LogP contribution is -2.40. The smallest absolute Gasteiger partial charge is 0.416 e. The van der Waals surface area contributed by atoms with Crippen LogP contribution in [0.3, 0.4) is 0 Å². The Kier molecular flexibility index (Phi) is 20.9. The van der Waals surface area contributed by atoms with E-state index in [4.69, 9.17) is 34.4 Å². The second kappa shape index (κ2) is 29.1. The summed E-state index contributed by atoms with van der Waals surface area (Å²) in [7, 11) is 2.91. The van der Waals surface area contributed by atoms with Crippen molar-refractivity contribution in [2.24, 2.45) is 11.8 Å². The number of aryl methyl sites for hydroxylation is 1. The molecule has 1 aromatic carbocycles. The highest BCUT2D eigenvalue weighted by atomic mass is 32.1. The first-order chi connectivity index (χ1) is 43.7. The maximum atomic E-state index is 14.4. The van der Waals surface area contributed by atoms with Gasteiger partial charge in [-0.25, -0.2) is 44.5 Å². The second-order valence-electron chi connectivity index (χ2n) is 21.2. The molecule has 1 aliphatic carbocycles. The fraction of sp³-hybridized carbons (Fsp3) is 0.339. The first kappa shape index (κ1) is 65.3. The number of aliphatic carboxylic acids is 2. The molecule has 26 nitrogen and oxygen atoms in total. The van der Waals surface area contributed by atoms with Crippen LogP contribution in [0.1, 0.15) is 132 Å². The molecule has 1 fully saturated rings. The lowest BCUT2D eigenvalue weighted by atomic mass is 9.87. The van der Waals surface area contributed by atoms with Gasteiger partial charge in [0.1, 0.15) is 88.3 Å². The van der Waals surface area contributed by atoms with Gasteiger partial charge in [0.05, 0.1) is 48.1 Å². The van der Waals surface area contributed by atoms with Crippen LogP contribution in [0.5, 0.6) is 0 Å². The number of nitrogens with one attached hydrogen (secondary N) is 5. The minimum absolute atomic E-state index is 0.0167. The largest absolute Gasteiger partial charge is 0.481 e. The zero-order valence-electron chi connectivity index (χ0n) is 49.2. The van der Waals surface area contributed by atoms with Gasteiger partial charge < -0.3 is 51.4 Å². The molecule has 6 amide bonds. The van der Waals surface area contributed by atoms with Crippen molar-refractivity contribution in [2.45, 2.75) is 89.8 Å². The molecular formula is C59H59N13O13S6. The number of aromatic nitrogens is 7. The summed E-state index contributed by atoms with van der Waals surface area (Å²) < 4.78 is 11.3. The van der Waals surface area contributed by atoms with Crippen LogP contribution in [0.4, 0.5) is 10.6 Å². The second-order valence-corrected chi connectivity index (χ2v) is 27.0. The Bertz CT molecular complexity index is 4050. The van der Waals surface area contributed by atoms with E-state index in [-0.39, 0.29) is 59.1 Å². The molecule has 1 aliphatic heterocycles. The Labute approximate surface area is 543 Å². The number of methoxy groups -OCH3 is 1. The van der Waals surface area contributed by atoms with Gasteiger partial charge >= 0.3 is 18.0 Å². The molecule has 8 aromatic rings. The Morgan fingerprint density at radius 2 is 1.42 bits per heavy atom.